The molecule has 34 heavy (non-hydrogen) atoms. The predicted molar refractivity (Wildman–Crippen MR) is 129 cm³/mol. The summed E-state index contributed by atoms with van der Waals surface area (Å²) in [7, 11) is 0. The van der Waals surface area contributed by atoms with Gasteiger partial charge in [0.05, 0.1) is 31.7 Å². The molecule has 1 N–H and O–H groups in total. The Morgan fingerprint density at radius 2 is 1.91 bits per heavy atom. The molecule has 0 bridgehead atoms. The number of amides is 2. The van der Waals surface area contributed by atoms with Crippen molar-refractivity contribution in [1.82, 2.24) is 14.8 Å². The van der Waals surface area contributed by atoms with Crippen molar-refractivity contribution in [3.63, 3.8) is 0 Å². The number of aliphatic hydroxyl groups is 1. The zero-order valence-electron chi connectivity index (χ0n) is 19.4. The number of benzene rings is 1. The molecule has 176 valence electrons. The minimum absolute atomic E-state index is 0.0000942. The van der Waals surface area contributed by atoms with E-state index in [2.05, 4.69) is 29.0 Å². The number of aliphatic hydroxyl groups excluding tert-OH is 1. The third-order valence-corrected chi connectivity index (χ3v) is 7.56. The van der Waals surface area contributed by atoms with Crippen molar-refractivity contribution >= 4 is 11.8 Å². The first-order chi connectivity index (χ1) is 16.6. The molecule has 3 aliphatic rings. The third-order valence-electron chi connectivity index (χ3n) is 7.56. The topological polar surface area (TPSA) is 73.7 Å². The number of carbonyl (C=O) groups is 2. The second-order valence-electron chi connectivity index (χ2n) is 9.69. The van der Waals surface area contributed by atoms with Crippen LogP contribution in [-0.4, -0.2) is 63.5 Å². The molecule has 0 unspecified atom stereocenters. The van der Waals surface area contributed by atoms with Crippen LogP contribution in [-0.2, 0) is 16.0 Å². The summed E-state index contributed by atoms with van der Waals surface area (Å²) < 4.78 is 0. The number of nitrogens with zero attached hydrogens (tertiary/aromatic N) is 3. The van der Waals surface area contributed by atoms with Crippen LogP contribution in [0.3, 0.4) is 0 Å². The maximum Gasteiger partial charge on any atom is 0.242 e. The summed E-state index contributed by atoms with van der Waals surface area (Å²) >= 11 is 0. The van der Waals surface area contributed by atoms with E-state index in [9.17, 15) is 14.7 Å². The Labute approximate surface area is 201 Å². The van der Waals surface area contributed by atoms with Gasteiger partial charge in [-0.2, -0.15) is 0 Å². The van der Waals surface area contributed by atoms with Gasteiger partial charge in [0.2, 0.25) is 11.8 Å². The molecule has 5 rings (SSSR count). The molecular weight excluding hydrogens is 426 g/mol. The lowest BCUT2D eigenvalue weighted by atomic mass is 9.73. The second-order valence-corrected chi connectivity index (χ2v) is 9.69. The second kappa shape index (κ2) is 9.99. The number of carbonyl (C=O) groups excluding carboxylic acids is 2. The van der Waals surface area contributed by atoms with Crippen molar-refractivity contribution in [3.8, 4) is 11.8 Å². The maximum absolute atomic E-state index is 12.9. The molecule has 6 heteroatoms. The quantitative estimate of drug-likeness (QED) is 0.701. The molecule has 1 saturated carbocycles. The molecule has 0 spiro atoms. The van der Waals surface area contributed by atoms with Crippen LogP contribution in [0.5, 0.6) is 0 Å². The van der Waals surface area contributed by atoms with Crippen LogP contribution in [0, 0.1) is 17.8 Å². The van der Waals surface area contributed by atoms with E-state index in [4.69, 9.17) is 0 Å². The molecule has 2 aliphatic heterocycles. The molecule has 2 amide bonds. The molecule has 0 radical (unpaired) electrons. The highest BCUT2D eigenvalue weighted by Gasteiger charge is 2.54. The number of piperazine rings is 1. The third kappa shape index (κ3) is 4.58. The molecule has 1 aliphatic carbocycles. The highest BCUT2D eigenvalue weighted by Crippen LogP contribution is 2.43. The van der Waals surface area contributed by atoms with Gasteiger partial charge in [-0.1, -0.05) is 42.9 Å². The van der Waals surface area contributed by atoms with Gasteiger partial charge < -0.3 is 14.9 Å². The van der Waals surface area contributed by atoms with Crippen LogP contribution in [0.1, 0.15) is 54.8 Å². The van der Waals surface area contributed by atoms with Gasteiger partial charge in [-0.05, 0) is 48.6 Å². The van der Waals surface area contributed by atoms with Crippen molar-refractivity contribution in [2.24, 2.45) is 5.92 Å². The Balaban J connectivity index is 1.26. The summed E-state index contributed by atoms with van der Waals surface area (Å²) in [5.74, 6) is 7.18. The van der Waals surface area contributed by atoms with Gasteiger partial charge in [-0.3, -0.25) is 14.6 Å². The van der Waals surface area contributed by atoms with E-state index < -0.39 is 0 Å². The number of aromatic nitrogens is 1. The Morgan fingerprint density at radius 3 is 2.62 bits per heavy atom. The number of fused-ring (bicyclic) bond motifs is 1. The van der Waals surface area contributed by atoms with Crippen molar-refractivity contribution < 1.29 is 14.7 Å². The minimum Gasteiger partial charge on any atom is -0.394 e. The monoisotopic (exact) mass is 457 g/mol. The van der Waals surface area contributed by atoms with Crippen LogP contribution in [0.15, 0.2) is 48.7 Å². The summed E-state index contributed by atoms with van der Waals surface area (Å²) in [6.45, 7) is 0.445. The summed E-state index contributed by atoms with van der Waals surface area (Å²) in [5.41, 5.74) is 2.77. The number of hydrogen-bond donors (Lipinski definition) is 1. The summed E-state index contributed by atoms with van der Waals surface area (Å²) in [4.78, 5) is 33.4. The first-order valence-electron chi connectivity index (χ1n) is 12.3. The highest BCUT2D eigenvalue weighted by molar-refractivity contribution is 5.88. The summed E-state index contributed by atoms with van der Waals surface area (Å²) in [5, 5.41) is 10.0. The van der Waals surface area contributed by atoms with Crippen LogP contribution in [0.25, 0.3) is 0 Å². The molecule has 2 aromatic rings. The minimum atomic E-state index is -0.246. The standard InChI is InChI=1S/C28H31N3O3/c32-19-25-28(22-13-11-21(12-14-22)9-5-8-20-6-1-2-7-20)24-17-30(18-27(34)31(24)25)26(33)16-23-10-3-4-15-29-23/h3-4,10-15,20,24-25,28,32H,1-2,6-8,16-19H2/t24-,25+,28+/m1/s1. The Bertz CT molecular complexity index is 1080. The molecule has 1 aromatic heterocycles. The number of pyridine rings is 1. The SMILES string of the molecule is O=C(Cc1ccccn1)N1CC(=O)N2[C@H](C1)[C@H](c1ccc(C#CCC3CCCC3)cc1)[C@@H]2CO. The van der Waals surface area contributed by atoms with E-state index in [1.54, 1.807) is 16.0 Å². The lowest BCUT2D eigenvalue weighted by molar-refractivity contribution is -0.166. The lowest BCUT2D eigenvalue weighted by Gasteiger charge is -2.58. The van der Waals surface area contributed by atoms with E-state index in [0.29, 0.717) is 12.2 Å². The van der Waals surface area contributed by atoms with Gasteiger partial charge in [0.15, 0.2) is 0 Å². The molecule has 3 atom stereocenters. The smallest absolute Gasteiger partial charge is 0.242 e. The van der Waals surface area contributed by atoms with Crippen molar-refractivity contribution in [2.45, 2.75) is 56.5 Å². The lowest BCUT2D eigenvalue weighted by Crippen LogP contribution is -2.73. The Morgan fingerprint density at radius 1 is 1.12 bits per heavy atom. The van der Waals surface area contributed by atoms with Gasteiger partial charge >= 0.3 is 0 Å². The molecule has 2 saturated heterocycles. The Hall–Kier alpha value is -3.17. The van der Waals surface area contributed by atoms with E-state index >= 15 is 0 Å². The first kappa shape index (κ1) is 22.6. The van der Waals surface area contributed by atoms with Gasteiger partial charge in [-0.15, -0.1) is 0 Å². The normalized spacial score (nSPS) is 24.3. The molecule has 1 aromatic carbocycles. The van der Waals surface area contributed by atoms with Gasteiger partial charge in [0, 0.05) is 36.3 Å². The fraction of sp³-hybridized carbons (Fsp3) is 0.464. The molecular formula is C28H31N3O3. The number of hydrogen-bond acceptors (Lipinski definition) is 4. The van der Waals surface area contributed by atoms with Crippen molar-refractivity contribution in [2.75, 3.05) is 19.7 Å². The zero-order chi connectivity index (χ0) is 23.5. The van der Waals surface area contributed by atoms with Crippen LogP contribution in [0.4, 0.5) is 0 Å². The van der Waals surface area contributed by atoms with Crippen LogP contribution in [0.2, 0.25) is 0 Å². The fourth-order valence-corrected chi connectivity index (χ4v) is 5.76. The van der Waals surface area contributed by atoms with E-state index in [0.717, 1.165) is 23.5 Å². The van der Waals surface area contributed by atoms with E-state index in [-0.39, 0.29) is 49.4 Å². The maximum atomic E-state index is 12.9. The summed E-state index contributed by atoms with van der Waals surface area (Å²) in [6.07, 6.45) is 8.10. The van der Waals surface area contributed by atoms with Crippen LogP contribution >= 0.6 is 0 Å². The van der Waals surface area contributed by atoms with Gasteiger partial charge in [0.25, 0.3) is 0 Å². The molecule has 3 fully saturated rings. The average Bonchev–Trinajstić information content (AvgIpc) is 3.35. The zero-order valence-corrected chi connectivity index (χ0v) is 19.4. The van der Waals surface area contributed by atoms with Crippen LogP contribution < -0.4 is 0 Å². The molecule has 6 nitrogen and oxygen atoms in total. The largest absolute Gasteiger partial charge is 0.394 e. The highest BCUT2D eigenvalue weighted by atomic mass is 16.3. The fourth-order valence-electron chi connectivity index (χ4n) is 5.76. The van der Waals surface area contributed by atoms with Gasteiger partial charge in [0.1, 0.15) is 0 Å². The van der Waals surface area contributed by atoms with Gasteiger partial charge in [-0.25, -0.2) is 0 Å². The van der Waals surface area contributed by atoms with E-state index in [1.165, 1.54) is 25.7 Å². The average molecular weight is 458 g/mol. The van der Waals surface area contributed by atoms with Crippen molar-refractivity contribution in [3.05, 3.63) is 65.5 Å². The molecule has 3 heterocycles. The number of rotatable bonds is 5. The summed E-state index contributed by atoms with van der Waals surface area (Å²) in [6, 6.07) is 13.3. The predicted octanol–water partition coefficient (Wildman–Crippen LogP) is 2.75. The first-order valence-corrected chi connectivity index (χ1v) is 12.3. The van der Waals surface area contributed by atoms with Crippen molar-refractivity contribution in [1.29, 1.82) is 0 Å². The van der Waals surface area contributed by atoms with E-state index in [1.807, 2.05) is 30.3 Å². The Kier molecular flexibility index (Phi) is 6.64.